The molecule has 1 aromatic carbocycles. The number of carbonyl (C=O) groups is 2. The molecule has 0 aliphatic carbocycles. The third-order valence-electron chi connectivity index (χ3n) is 2.77. The maximum absolute atomic E-state index is 11.9. The van der Waals surface area contributed by atoms with E-state index in [1.165, 1.54) is 7.11 Å². The molecule has 0 saturated heterocycles. The second-order valence-electron chi connectivity index (χ2n) is 5.28. The van der Waals surface area contributed by atoms with E-state index in [0.29, 0.717) is 23.7 Å². The quantitative estimate of drug-likeness (QED) is 0.711. The third-order valence-corrected chi connectivity index (χ3v) is 2.77. The first-order valence-corrected chi connectivity index (χ1v) is 6.87. The number of hydrogen-bond donors (Lipinski definition) is 3. The summed E-state index contributed by atoms with van der Waals surface area (Å²) in [5.74, 6) is -0.0720. The summed E-state index contributed by atoms with van der Waals surface area (Å²) in [7, 11) is 1.46. The third kappa shape index (κ3) is 6.37. The Labute approximate surface area is 125 Å². The van der Waals surface area contributed by atoms with Crippen molar-refractivity contribution in [2.45, 2.75) is 26.3 Å². The van der Waals surface area contributed by atoms with Crippen LogP contribution in [0.1, 0.15) is 20.3 Å². The van der Waals surface area contributed by atoms with Gasteiger partial charge in [0.05, 0.1) is 6.04 Å². The van der Waals surface area contributed by atoms with Gasteiger partial charge in [0, 0.05) is 18.5 Å². The van der Waals surface area contributed by atoms with Gasteiger partial charge in [-0.05, 0) is 36.6 Å². The van der Waals surface area contributed by atoms with Crippen molar-refractivity contribution in [3.63, 3.8) is 0 Å². The topological polar surface area (TPSA) is 93.5 Å². The Kier molecular flexibility index (Phi) is 6.84. The largest absolute Gasteiger partial charge is 0.375 e. The smallest absolute Gasteiger partial charge is 0.250 e. The highest BCUT2D eigenvalue weighted by atomic mass is 16.5. The minimum absolute atomic E-state index is 0.00252. The number of ether oxygens (including phenoxy) is 1. The summed E-state index contributed by atoms with van der Waals surface area (Å²) in [6.45, 7) is 4.04. The second-order valence-corrected chi connectivity index (χ2v) is 5.28. The zero-order valence-corrected chi connectivity index (χ0v) is 12.7. The fourth-order valence-corrected chi connectivity index (χ4v) is 1.81. The number of anilines is 2. The maximum atomic E-state index is 11.9. The Bertz CT molecular complexity index is 472. The molecule has 0 aromatic heterocycles. The van der Waals surface area contributed by atoms with E-state index in [4.69, 9.17) is 10.5 Å². The Morgan fingerprint density at radius 1 is 1.14 bits per heavy atom. The average Bonchev–Trinajstić information content (AvgIpc) is 2.40. The number of carbonyl (C=O) groups excluding carboxylic acids is 2. The van der Waals surface area contributed by atoms with Crippen molar-refractivity contribution in [3.8, 4) is 0 Å². The van der Waals surface area contributed by atoms with Crippen LogP contribution >= 0.6 is 0 Å². The van der Waals surface area contributed by atoms with Gasteiger partial charge in [0.2, 0.25) is 11.8 Å². The Morgan fingerprint density at radius 2 is 1.67 bits per heavy atom. The molecule has 6 nitrogen and oxygen atoms in total. The van der Waals surface area contributed by atoms with Gasteiger partial charge in [0.15, 0.2) is 0 Å². The highest BCUT2D eigenvalue weighted by Gasteiger charge is 2.14. The van der Waals surface area contributed by atoms with Crippen LogP contribution in [0, 0.1) is 5.92 Å². The Morgan fingerprint density at radius 3 is 2.14 bits per heavy atom. The number of amides is 2. The van der Waals surface area contributed by atoms with Crippen LogP contribution in [0.4, 0.5) is 11.4 Å². The summed E-state index contributed by atoms with van der Waals surface area (Å²) < 4.78 is 4.73. The molecule has 21 heavy (non-hydrogen) atoms. The van der Waals surface area contributed by atoms with Gasteiger partial charge in [-0.15, -0.1) is 0 Å². The van der Waals surface area contributed by atoms with Crippen LogP contribution < -0.4 is 16.4 Å². The van der Waals surface area contributed by atoms with Crippen molar-refractivity contribution in [2.24, 2.45) is 11.7 Å². The molecule has 1 aromatic rings. The number of hydrogen-bond acceptors (Lipinski definition) is 4. The van der Waals surface area contributed by atoms with Crippen molar-refractivity contribution in [1.29, 1.82) is 0 Å². The van der Waals surface area contributed by atoms with Crippen LogP contribution in [-0.4, -0.2) is 31.6 Å². The van der Waals surface area contributed by atoms with Gasteiger partial charge in [-0.25, -0.2) is 0 Å². The highest BCUT2D eigenvalue weighted by molar-refractivity contribution is 5.95. The molecule has 4 N–H and O–H groups in total. The summed E-state index contributed by atoms with van der Waals surface area (Å²) in [6, 6.07) is 6.31. The molecule has 0 spiro atoms. The molecule has 1 atom stereocenters. The van der Waals surface area contributed by atoms with E-state index < -0.39 is 6.04 Å². The lowest BCUT2D eigenvalue weighted by atomic mass is 10.0. The zero-order valence-electron chi connectivity index (χ0n) is 12.7. The molecule has 1 unspecified atom stereocenters. The lowest BCUT2D eigenvalue weighted by Crippen LogP contribution is -2.36. The number of benzene rings is 1. The normalized spacial score (nSPS) is 12.0. The van der Waals surface area contributed by atoms with E-state index in [9.17, 15) is 9.59 Å². The molecule has 0 aliphatic rings. The lowest BCUT2D eigenvalue weighted by Gasteiger charge is -2.14. The average molecular weight is 293 g/mol. The molecular formula is C15H23N3O3. The van der Waals surface area contributed by atoms with Crippen LogP contribution in [0.15, 0.2) is 24.3 Å². The van der Waals surface area contributed by atoms with E-state index in [0.717, 1.165) is 0 Å². The van der Waals surface area contributed by atoms with Crippen molar-refractivity contribution in [3.05, 3.63) is 24.3 Å². The van der Waals surface area contributed by atoms with Crippen LogP contribution in [-0.2, 0) is 14.3 Å². The van der Waals surface area contributed by atoms with Crippen molar-refractivity contribution >= 4 is 23.2 Å². The van der Waals surface area contributed by atoms with Gasteiger partial charge in [0.25, 0.3) is 0 Å². The van der Waals surface area contributed by atoms with Gasteiger partial charge in [-0.2, -0.15) is 0 Å². The molecule has 0 fully saturated rings. The number of nitrogens with one attached hydrogen (secondary N) is 2. The van der Waals surface area contributed by atoms with Crippen molar-refractivity contribution < 1.29 is 14.3 Å². The minimum atomic E-state index is -0.522. The number of methoxy groups -OCH3 is 1. The summed E-state index contributed by atoms with van der Waals surface area (Å²) in [4.78, 5) is 23.2. The van der Waals surface area contributed by atoms with Gasteiger partial charge in [-0.3, -0.25) is 9.59 Å². The van der Waals surface area contributed by atoms with Crippen LogP contribution in [0.5, 0.6) is 0 Å². The molecule has 2 amide bonds. The molecule has 1 rings (SSSR count). The molecule has 0 aliphatic heterocycles. The predicted octanol–water partition coefficient (Wildman–Crippen LogP) is 1.58. The zero-order chi connectivity index (χ0) is 15.8. The number of rotatable bonds is 7. The monoisotopic (exact) mass is 293 g/mol. The molecule has 0 heterocycles. The second kappa shape index (κ2) is 8.39. The molecule has 0 radical (unpaired) electrons. The summed E-state index contributed by atoms with van der Waals surface area (Å²) in [6.07, 6.45) is 0.636. The van der Waals surface area contributed by atoms with Gasteiger partial charge < -0.3 is 21.1 Å². The molecule has 0 saturated carbocycles. The molecule has 6 heteroatoms. The summed E-state index contributed by atoms with van der Waals surface area (Å²) >= 11 is 0. The van der Waals surface area contributed by atoms with E-state index in [1.807, 2.05) is 13.8 Å². The molecule has 116 valence electrons. The number of nitrogens with two attached hydrogens (primary N) is 1. The fourth-order valence-electron chi connectivity index (χ4n) is 1.81. The summed E-state index contributed by atoms with van der Waals surface area (Å²) in [5.41, 5.74) is 7.10. The van der Waals surface area contributed by atoms with E-state index in [2.05, 4.69) is 10.6 Å². The highest BCUT2D eigenvalue weighted by Crippen LogP contribution is 2.14. The van der Waals surface area contributed by atoms with E-state index in [1.54, 1.807) is 24.3 Å². The molecular weight excluding hydrogens is 270 g/mol. The summed E-state index contributed by atoms with van der Waals surface area (Å²) in [5, 5.41) is 5.42. The first-order chi connectivity index (χ1) is 9.92. The SMILES string of the molecule is COCC(=O)Nc1ccc(NC(=O)C(N)CC(C)C)cc1. The van der Waals surface area contributed by atoms with Crippen LogP contribution in [0.3, 0.4) is 0 Å². The maximum Gasteiger partial charge on any atom is 0.250 e. The van der Waals surface area contributed by atoms with Crippen molar-refractivity contribution in [2.75, 3.05) is 24.4 Å². The first-order valence-electron chi connectivity index (χ1n) is 6.87. The van der Waals surface area contributed by atoms with Crippen molar-refractivity contribution in [1.82, 2.24) is 0 Å². The van der Waals surface area contributed by atoms with E-state index in [-0.39, 0.29) is 18.4 Å². The minimum Gasteiger partial charge on any atom is -0.375 e. The first kappa shape index (κ1) is 17.1. The van der Waals surface area contributed by atoms with E-state index >= 15 is 0 Å². The molecule has 0 bridgehead atoms. The lowest BCUT2D eigenvalue weighted by molar-refractivity contribution is -0.119. The van der Waals surface area contributed by atoms with Gasteiger partial charge in [0.1, 0.15) is 6.61 Å². The Hall–Kier alpha value is -1.92. The van der Waals surface area contributed by atoms with Gasteiger partial charge >= 0.3 is 0 Å². The fraction of sp³-hybridized carbons (Fsp3) is 0.467. The van der Waals surface area contributed by atoms with Crippen LogP contribution in [0.25, 0.3) is 0 Å². The van der Waals surface area contributed by atoms with Gasteiger partial charge in [-0.1, -0.05) is 13.8 Å². The Balaban J connectivity index is 2.54. The predicted molar refractivity (Wildman–Crippen MR) is 83.0 cm³/mol. The standard InChI is InChI=1S/C15H23N3O3/c1-10(2)8-13(16)15(20)18-12-6-4-11(5-7-12)17-14(19)9-21-3/h4-7,10,13H,8-9,16H2,1-3H3,(H,17,19)(H,18,20). The van der Waals surface area contributed by atoms with Crippen LogP contribution in [0.2, 0.25) is 0 Å².